The van der Waals surface area contributed by atoms with Crippen LogP contribution in [0.25, 0.3) is 11.0 Å². The molecule has 0 aliphatic carbocycles. The molecule has 0 saturated carbocycles. The highest BCUT2D eigenvalue weighted by molar-refractivity contribution is 5.87. The molecule has 0 fully saturated rings. The van der Waals surface area contributed by atoms with E-state index in [1.165, 1.54) is 6.08 Å². The minimum atomic E-state index is -0.229. The zero-order valence-electron chi connectivity index (χ0n) is 10.4. The predicted molar refractivity (Wildman–Crippen MR) is 70.2 cm³/mol. The van der Waals surface area contributed by atoms with Gasteiger partial charge in [-0.25, -0.2) is 4.79 Å². The number of imidazole rings is 1. The number of para-hydroxylation sites is 1. The Morgan fingerprint density at radius 3 is 2.78 bits per heavy atom. The van der Waals surface area contributed by atoms with Gasteiger partial charge in [-0.1, -0.05) is 18.7 Å². The van der Waals surface area contributed by atoms with E-state index in [1.54, 1.807) is 23.2 Å². The van der Waals surface area contributed by atoms with Crippen LogP contribution < -0.4 is 11.0 Å². The van der Waals surface area contributed by atoms with Gasteiger partial charge in [0.1, 0.15) is 0 Å². The minimum Gasteiger partial charge on any atom is -0.348 e. The first kappa shape index (κ1) is 12.2. The van der Waals surface area contributed by atoms with Crippen molar-refractivity contribution in [1.82, 2.24) is 14.5 Å². The highest BCUT2D eigenvalue weighted by Crippen LogP contribution is 2.16. The van der Waals surface area contributed by atoms with Gasteiger partial charge in [0.2, 0.25) is 5.91 Å². The number of aromatic nitrogens is 2. The Morgan fingerprint density at radius 1 is 1.39 bits per heavy atom. The van der Waals surface area contributed by atoms with Crippen LogP contribution in [0.2, 0.25) is 0 Å². The molecule has 2 rings (SSSR count). The van der Waals surface area contributed by atoms with Crippen LogP contribution in [0.3, 0.4) is 0 Å². The van der Waals surface area contributed by atoms with E-state index in [4.69, 9.17) is 0 Å². The van der Waals surface area contributed by atoms with E-state index in [2.05, 4.69) is 11.9 Å². The first-order valence-electron chi connectivity index (χ1n) is 5.60. The lowest BCUT2D eigenvalue weighted by molar-refractivity contribution is -0.116. The lowest BCUT2D eigenvalue weighted by Gasteiger charge is -2.05. The normalized spacial score (nSPS) is 10.6. The van der Waals surface area contributed by atoms with Crippen LogP contribution in [0.4, 0.5) is 0 Å². The van der Waals surface area contributed by atoms with E-state index < -0.39 is 0 Å². The number of carbonyl (C=O) groups excluding carboxylic acids is 1. The maximum atomic E-state index is 11.9. The van der Waals surface area contributed by atoms with Crippen LogP contribution in [0, 0.1) is 0 Å². The second-order valence-corrected chi connectivity index (χ2v) is 4.11. The average Bonchev–Trinajstić information content (AvgIpc) is 2.61. The van der Waals surface area contributed by atoms with E-state index >= 15 is 0 Å². The Hall–Kier alpha value is -2.30. The number of nitrogens with one attached hydrogen (secondary N) is 1. The van der Waals surface area contributed by atoms with E-state index in [0.29, 0.717) is 6.54 Å². The van der Waals surface area contributed by atoms with Gasteiger partial charge in [-0.3, -0.25) is 13.9 Å². The number of carbonyl (C=O) groups is 1. The van der Waals surface area contributed by atoms with Gasteiger partial charge in [0, 0.05) is 20.6 Å². The summed E-state index contributed by atoms with van der Waals surface area (Å²) in [5, 5.41) is 2.72. The molecule has 0 spiro atoms. The Labute approximate surface area is 104 Å². The summed E-state index contributed by atoms with van der Waals surface area (Å²) >= 11 is 0. The van der Waals surface area contributed by atoms with Gasteiger partial charge in [-0.05, 0) is 17.7 Å². The summed E-state index contributed by atoms with van der Waals surface area (Å²) in [6.45, 7) is 3.77. The molecule has 94 valence electrons. The summed E-state index contributed by atoms with van der Waals surface area (Å²) in [5.74, 6) is -0.229. The fourth-order valence-corrected chi connectivity index (χ4v) is 2.06. The number of rotatable bonds is 3. The van der Waals surface area contributed by atoms with Gasteiger partial charge in [-0.2, -0.15) is 0 Å². The van der Waals surface area contributed by atoms with Crippen LogP contribution in [0.5, 0.6) is 0 Å². The number of amides is 1. The lowest BCUT2D eigenvalue weighted by Crippen LogP contribution is -2.21. The molecule has 0 radical (unpaired) electrons. The molecule has 1 heterocycles. The van der Waals surface area contributed by atoms with Crippen molar-refractivity contribution in [2.45, 2.75) is 6.54 Å². The molecule has 0 aliphatic rings. The van der Waals surface area contributed by atoms with E-state index in [0.717, 1.165) is 16.6 Å². The predicted octanol–water partition coefficient (Wildman–Crippen LogP) is 0.679. The van der Waals surface area contributed by atoms with Gasteiger partial charge in [-0.15, -0.1) is 0 Å². The second-order valence-electron chi connectivity index (χ2n) is 4.11. The maximum absolute atomic E-state index is 11.9. The minimum absolute atomic E-state index is 0.0764. The smallest absolute Gasteiger partial charge is 0.328 e. The van der Waals surface area contributed by atoms with Gasteiger partial charge in [0.25, 0.3) is 0 Å². The summed E-state index contributed by atoms with van der Waals surface area (Å²) in [5.41, 5.74) is 2.53. The SMILES string of the molecule is C=CC(=O)NCc1cccc2c1n(C)c(=O)n2C. The molecule has 5 heteroatoms. The summed E-state index contributed by atoms with van der Waals surface area (Å²) in [6.07, 6.45) is 1.23. The molecule has 2 aromatic rings. The molecule has 1 N–H and O–H groups in total. The molecule has 1 aromatic carbocycles. The van der Waals surface area contributed by atoms with Gasteiger partial charge in [0.15, 0.2) is 0 Å². The quantitative estimate of drug-likeness (QED) is 0.808. The van der Waals surface area contributed by atoms with Crippen LogP contribution >= 0.6 is 0 Å². The Morgan fingerprint density at radius 2 is 2.11 bits per heavy atom. The standard InChI is InChI=1S/C13H15N3O2/c1-4-11(17)14-8-9-6-5-7-10-12(9)16(3)13(18)15(10)2/h4-7H,1,8H2,2-3H3,(H,14,17). The third-order valence-electron chi connectivity index (χ3n) is 3.01. The van der Waals surface area contributed by atoms with Crippen molar-refractivity contribution in [3.63, 3.8) is 0 Å². The van der Waals surface area contributed by atoms with Crippen molar-refractivity contribution >= 4 is 16.9 Å². The molecule has 18 heavy (non-hydrogen) atoms. The summed E-state index contributed by atoms with van der Waals surface area (Å²) in [4.78, 5) is 23.0. The highest BCUT2D eigenvalue weighted by atomic mass is 16.2. The van der Waals surface area contributed by atoms with Crippen LogP contribution in [-0.2, 0) is 25.4 Å². The van der Waals surface area contributed by atoms with E-state index in [-0.39, 0.29) is 11.6 Å². The third-order valence-corrected chi connectivity index (χ3v) is 3.01. The van der Waals surface area contributed by atoms with Gasteiger partial charge >= 0.3 is 5.69 Å². The van der Waals surface area contributed by atoms with Gasteiger partial charge in [0.05, 0.1) is 11.0 Å². The topological polar surface area (TPSA) is 56.0 Å². The molecule has 0 bridgehead atoms. The van der Waals surface area contributed by atoms with Crippen LogP contribution in [-0.4, -0.2) is 15.0 Å². The van der Waals surface area contributed by atoms with Crippen molar-refractivity contribution < 1.29 is 4.79 Å². The zero-order chi connectivity index (χ0) is 13.3. The molecular formula is C13H15N3O2. The van der Waals surface area contributed by atoms with Crippen molar-refractivity contribution in [3.05, 3.63) is 46.9 Å². The summed E-state index contributed by atoms with van der Waals surface area (Å²) in [7, 11) is 3.46. The Bertz CT molecular complexity index is 679. The van der Waals surface area contributed by atoms with E-state index in [1.807, 2.05) is 18.2 Å². The fourth-order valence-electron chi connectivity index (χ4n) is 2.06. The molecule has 0 unspecified atom stereocenters. The Balaban J connectivity index is 2.52. The molecule has 0 atom stereocenters. The number of nitrogens with zero attached hydrogens (tertiary/aromatic N) is 2. The average molecular weight is 245 g/mol. The first-order valence-corrected chi connectivity index (χ1v) is 5.60. The maximum Gasteiger partial charge on any atom is 0.328 e. The first-order chi connectivity index (χ1) is 8.56. The number of benzene rings is 1. The van der Waals surface area contributed by atoms with Crippen molar-refractivity contribution in [3.8, 4) is 0 Å². The third kappa shape index (κ3) is 1.84. The number of hydrogen-bond donors (Lipinski definition) is 1. The summed E-state index contributed by atoms with van der Waals surface area (Å²) in [6, 6.07) is 5.65. The largest absolute Gasteiger partial charge is 0.348 e. The van der Waals surface area contributed by atoms with E-state index in [9.17, 15) is 9.59 Å². The highest BCUT2D eigenvalue weighted by Gasteiger charge is 2.11. The zero-order valence-corrected chi connectivity index (χ0v) is 10.4. The number of aryl methyl sites for hydroxylation is 2. The lowest BCUT2D eigenvalue weighted by atomic mass is 10.2. The van der Waals surface area contributed by atoms with Crippen molar-refractivity contribution in [2.24, 2.45) is 14.1 Å². The molecule has 5 nitrogen and oxygen atoms in total. The molecule has 1 aromatic heterocycles. The molecular weight excluding hydrogens is 230 g/mol. The van der Waals surface area contributed by atoms with Crippen LogP contribution in [0.1, 0.15) is 5.56 Å². The fraction of sp³-hybridized carbons (Fsp3) is 0.231. The van der Waals surface area contributed by atoms with Gasteiger partial charge < -0.3 is 5.32 Å². The number of hydrogen-bond acceptors (Lipinski definition) is 2. The molecule has 1 amide bonds. The number of fused-ring (bicyclic) bond motifs is 1. The summed E-state index contributed by atoms with van der Waals surface area (Å²) < 4.78 is 3.18. The molecule has 0 aliphatic heterocycles. The van der Waals surface area contributed by atoms with Crippen molar-refractivity contribution in [2.75, 3.05) is 0 Å². The van der Waals surface area contributed by atoms with Crippen molar-refractivity contribution in [1.29, 1.82) is 0 Å². The monoisotopic (exact) mass is 245 g/mol. The molecule has 0 saturated heterocycles. The Kier molecular flexibility index (Phi) is 3.06. The second kappa shape index (κ2) is 4.52. The van der Waals surface area contributed by atoms with Crippen LogP contribution in [0.15, 0.2) is 35.6 Å².